The lowest BCUT2D eigenvalue weighted by molar-refractivity contribution is 0.102. The lowest BCUT2D eigenvalue weighted by Gasteiger charge is -1.98. The number of carbonyl (C=O) groups excluding carboxylic acids is 1. The molecule has 0 bridgehead atoms. The van der Waals surface area contributed by atoms with Crippen molar-refractivity contribution in [1.29, 1.82) is 0 Å². The number of thiazole rings is 1. The first kappa shape index (κ1) is 11.7. The Bertz CT molecular complexity index is 675. The Labute approximate surface area is 113 Å². The number of amides is 1. The SMILES string of the molecule is O=C(Nc1nc(-c2ccccc2)cs1)c1ccoc1. The summed E-state index contributed by atoms with van der Waals surface area (Å²) in [5.74, 6) is -0.220. The van der Waals surface area contributed by atoms with E-state index < -0.39 is 0 Å². The first-order chi connectivity index (χ1) is 9.33. The van der Waals surface area contributed by atoms with E-state index in [0.29, 0.717) is 10.7 Å². The molecule has 0 saturated heterocycles. The van der Waals surface area contributed by atoms with Crippen molar-refractivity contribution in [1.82, 2.24) is 4.98 Å². The normalized spacial score (nSPS) is 10.3. The molecule has 0 fully saturated rings. The maximum absolute atomic E-state index is 11.8. The third-order valence-electron chi connectivity index (χ3n) is 2.58. The van der Waals surface area contributed by atoms with E-state index in [1.807, 2.05) is 35.7 Å². The predicted octanol–water partition coefficient (Wildman–Crippen LogP) is 3.66. The molecule has 1 aromatic carbocycles. The van der Waals surface area contributed by atoms with Gasteiger partial charge in [0.2, 0.25) is 0 Å². The second-order valence-corrected chi connectivity index (χ2v) is 4.73. The summed E-state index contributed by atoms with van der Waals surface area (Å²) in [7, 11) is 0. The van der Waals surface area contributed by atoms with Crippen molar-refractivity contribution in [2.75, 3.05) is 5.32 Å². The predicted molar refractivity (Wildman–Crippen MR) is 74.2 cm³/mol. The number of nitrogens with zero attached hydrogens (tertiary/aromatic N) is 1. The summed E-state index contributed by atoms with van der Waals surface area (Å²) in [6.45, 7) is 0. The number of aromatic nitrogens is 1. The third kappa shape index (κ3) is 2.56. The molecule has 2 aromatic heterocycles. The van der Waals surface area contributed by atoms with Gasteiger partial charge in [-0.3, -0.25) is 10.1 Å². The summed E-state index contributed by atoms with van der Waals surface area (Å²) in [5.41, 5.74) is 2.37. The van der Waals surface area contributed by atoms with Gasteiger partial charge in [-0.25, -0.2) is 4.98 Å². The fourth-order valence-corrected chi connectivity index (χ4v) is 2.35. The quantitative estimate of drug-likeness (QED) is 0.790. The van der Waals surface area contributed by atoms with Crippen LogP contribution in [0.2, 0.25) is 0 Å². The monoisotopic (exact) mass is 270 g/mol. The Morgan fingerprint density at radius 1 is 1.21 bits per heavy atom. The molecule has 4 nitrogen and oxygen atoms in total. The second-order valence-electron chi connectivity index (χ2n) is 3.87. The number of nitrogens with one attached hydrogen (secondary N) is 1. The Kier molecular flexibility index (Phi) is 3.12. The molecule has 2 heterocycles. The van der Waals surface area contributed by atoms with Crippen molar-refractivity contribution in [3.8, 4) is 11.3 Å². The van der Waals surface area contributed by atoms with Crippen LogP contribution in [0.25, 0.3) is 11.3 Å². The molecule has 3 rings (SSSR count). The maximum Gasteiger partial charge on any atom is 0.260 e. The fourth-order valence-electron chi connectivity index (χ4n) is 1.64. The molecule has 1 amide bonds. The van der Waals surface area contributed by atoms with Crippen LogP contribution < -0.4 is 5.32 Å². The maximum atomic E-state index is 11.8. The van der Waals surface area contributed by atoms with Crippen molar-refractivity contribution < 1.29 is 9.21 Å². The Morgan fingerprint density at radius 3 is 2.79 bits per heavy atom. The van der Waals surface area contributed by atoms with Crippen molar-refractivity contribution >= 4 is 22.4 Å². The highest BCUT2D eigenvalue weighted by Gasteiger charge is 2.10. The van der Waals surface area contributed by atoms with E-state index in [2.05, 4.69) is 10.3 Å². The first-order valence-electron chi connectivity index (χ1n) is 5.67. The highest BCUT2D eigenvalue weighted by molar-refractivity contribution is 7.14. The molecule has 1 N–H and O–H groups in total. The van der Waals surface area contributed by atoms with Crippen molar-refractivity contribution in [2.24, 2.45) is 0 Å². The van der Waals surface area contributed by atoms with Crippen LogP contribution in [0.15, 0.2) is 58.7 Å². The molecule has 0 saturated carbocycles. The molecule has 0 aliphatic rings. The summed E-state index contributed by atoms with van der Waals surface area (Å²) in [6.07, 6.45) is 2.87. The lowest BCUT2D eigenvalue weighted by Crippen LogP contribution is -2.10. The fraction of sp³-hybridized carbons (Fsp3) is 0. The molecule has 0 aliphatic heterocycles. The average molecular weight is 270 g/mol. The average Bonchev–Trinajstić information content (AvgIpc) is 3.11. The van der Waals surface area contributed by atoms with Gasteiger partial charge >= 0.3 is 0 Å². The summed E-state index contributed by atoms with van der Waals surface area (Å²) in [6, 6.07) is 11.4. The molecule has 0 radical (unpaired) electrons. The minimum Gasteiger partial charge on any atom is -0.472 e. The van der Waals surface area contributed by atoms with Crippen LogP contribution in [0, 0.1) is 0 Å². The molecule has 19 heavy (non-hydrogen) atoms. The minimum atomic E-state index is -0.220. The molecule has 94 valence electrons. The Hall–Kier alpha value is -2.40. The van der Waals surface area contributed by atoms with Gasteiger partial charge in [0.1, 0.15) is 6.26 Å². The van der Waals surface area contributed by atoms with Gasteiger partial charge in [0.15, 0.2) is 5.13 Å². The van der Waals surface area contributed by atoms with Gasteiger partial charge in [-0.2, -0.15) is 0 Å². The van der Waals surface area contributed by atoms with Crippen LogP contribution in [0.3, 0.4) is 0 Å². The minimum absolute atomic E-state index is 0.220. The van der Waals surface area contributed by atoms with Crippen LogP contribution in [-0.4, -0.2) is 10.9 Å². The summed E-state index contributed by atoms with van der Waals surface area (Å²) >= 11 is 1.40. The second kappa shape index (κ2) is 5.07. The van der Waals surface area contributed by atoms with Gasteiger partial charge in [-0.05, 0) is 6.07 Å². The number of benzene rings is 1. The Morgan fingerprint density at radius 2 is 2.05 bits per heavy atom. The lowest BCUT2D eigenvalue weighted by atomic mass is 10.2. The standard InChI is InChI=1S/C14H10N2O2S/c17-13(11-6-7-18-8-11)16-14-15-12(9-19-14)10-4-2-1-3-5-10/h1-9H,(H,15,16,17). The van der Waals surface area contributed by atoms with Crippen LogP contribution in [0.1, 0.15) is 10.4 Å². The molecule has 5 heteroatoms. The van der Waals surface area contributed by atoms with Crippen LogP contribution in [0.4, 0.5) is 5.13 Å². The smallest absolute Gasteiger partial charge is 0.260 e. The number of hydrogen-bond acceptors (Lipinski definition) is 4. The molecule has 3 aromatic rings. The largest absolute Gasteiger partial charge is 0.472 e. The van der Waals surface area contributed by atoms with Crippen LogP contribution in [0.5, 0.6) is 0 Å². The van der Waals surface area contributed by atoms with E-state index in [0.717, 1.165) is 11.3 Å². The molecule has 0 spiro atoms. The highest BCUT2D eigenvalue weighted by atomic mass is 32.1. The first-order valence-corrected chi connectivity index (χ1v) is 6.55. The van der Waals surface area contributed by atoms with E-state index in [1.54, 1.807) is 6.07 Å². The molecular formula is C14H10N2O2S. The van der Waals surface area contributed by atoms with Gasteiger partial charge in [-0.15, -0.1) is 11.3 Å². The number of furan rings is 1. The molecule has 0 unspecified atom stereocenters. The molecule has 0 atom stereocenters. The number of rotatable bonds is 3. The Balaban J connectivity index is 1.77. The van der Waals surface area contributed by atoms with Gasteiger partial charge in [0.25, 0.3) is 5.91 Å². The molecule has 0 aliphatic carbocycles. The molecular weight excluding hydrogens is 260 g/mol. The van der Waals surface area contributed by atoms with Gasteiger partial charge in [0, 0.05) is 10.9 Å². The van der Waals surface area contributed by atoms with Crippen LogP contribution in [-0.2, 0) is 0 Å². The third-order valence-corrected chi connectivity index (χ3v) is 3.34. The summed E-state index contributed by atoms with van der Waals surface area (Å²) in [5, 5.41) is 5.23. The summed E-state index contributed by atoms with van der Waals surface area (Å²) in [4.78, 5) is 16.2. The van der Waals surface area contributed by atoms with Crippen molar-refractivity contribution in [3.63, 3.8) is 0 Å². The number of anilines is 1. The number of carbonyl (C=O) groups is 1. The zero-order valence-corrected chi connectivity index (χ0v) is 10.7. The van der Waals surface area contributed by atoms with Gasteiger partial charge in [0.05, 0.1) is 17.5 Å². The topological polar surface area (TPSA) is 55.1 Å². The van der Waals surface area contributed by atoms with Gasteiger partial charge in [-0.1, -0.05) is 30.3 Å². The number of hydrogen-bond donors (Lipinski definition) is 1. The zero-order valence-electron chi connectivity index (χ0n) is 9.87. The van der Waals surface area contributed by atoms with Crippen molar-refractivity contribution in [3.05, 3.63) is 59.9 Å². The van der Waals surface area contributed by atoms with E-state index in [9.17, 15) is 4.79 Å². The highest BCUT2D eigenvalue weighted by Crippen LogP contribution is 2.24. The summed E-state index contributed by atoms with van der Waals surface area (Å²) < 4.78 is 4.87. The van der Waals surface area contributed by atoms with Crippen molar-refractivity contribution in [2.45, 2.75) is 0 Å². The van der Waals surface area contributed by atoms with E-state index in [4.69, 9.17) is 4.42 Å². The van der Waals surface area contributed by atoms with E-state index in [1.165, 1.54) is 23.9 Å². The van der Waals surface area contributed by atoms with E-state index >= 15 is 0 Å². The zero-order chi connectivity index (χ0) is 13.1. The van der Waals surface area contributed by atoms with Crippen LogP contribution >= 0.6 is 11.3 Å². The van der Waals surface area contributed by atoms with Gasteiger partial charge < -0.3 is 4.42 Å². The van der Waals surface area contributed by atoms with E-state index in [-0.39, 0.29) is 5.91 Å².